The zero-order valence-corrected chi connectivity index (χ0v) is 14.1. The summed E-state index contributed by atoms with van der Waals surface area (Å²) < 4.78 is 0. The molecule has 0 spiro atoms. The van der Waals surface area contributed by atoms with Crippen molar-refractivity contribution in [2.75, 3.05) is 6.54 Å². The molecule has 22 heavy (non-hydrogen) atoms. The Balaban J connectivity index is 1.62. The molecule has 4 rings (SSSR count). The lowest BCUT2D eigenvalue weighted by Gasteiger charge is -2.39. The summed E-state index contributed by atoms with van der Waals surface area (Å²) in [6.45, 7) is 8.09. The minimum Gasteiger partial charge on any atom is -0.338 e. The standard InChI is InChI=1S/C20H27NO/c1-18(2)11-16-12-19(3,13-18)14-21(16)17(22)20(9-10-20)15-7-5-4-6-8-15/h4-8,16H,9-14H2,1-3H3. The number of hydrogen-bond donors (Lipinski definition) is 0. The Morgan fingerprint density at radius 3 is 2.41 bits per heavy atom. The van der Waals surface area contributed by atoms with Gasteiger partial charge in [0.2, 0.25) is 5.91 Å². The summed E-state index contributed by atoms with van der Waals surface area (Å²) in [4.78, 5) is 15.6. The van der Waals surface area contributed by atoms with Gasteiger partial charge in [-0.3, -0.25) is 4.79 Å². The number of rotatable bonds is 2. The van der Waals surface area contributed by atoms with Crippen molar-refractivity contribution < 1.29 is 4.79 Å². The smallest absolute Gasteiger partial charge is 0.233 e. The predicted octanol–water partition coefficient (Wildman–Crippen LogP) is 4.15. The Bertz CT molecular complexity index is 601. The first kappa shape index (κ1) is 14.3. The average molecular weight is 297 g/mol. The molecule has 1 saturated heterocycles. The van der Waals surface area contributed by atoms with Gasteiger partial charge in [0.1, 0.15) is 0 Å². The van der Waals surface area contributed by atoms with Crippen molar-refractivity contribution in [3.05, 3.63) is 35.9 Å². The molecule has 2 nitrogen and oxygen atoms in total. The van der Waals surface area contributed by atoms with Gasteiger partial charge in [-0.1, -0.05) is 51.1 Å². The van der Waals surface area contributed by atoms with E-state index in [9.17, 15) is 4.79 Å². The molecule has 2 aliphatic carbocycles. The average Bonchev–Trinajstić information content (AvgIpc) is 3.20. The third-order valence-corrected chi connectivity index (χ3v) is 6.16. The topological polar surface area (TPSA) is 20.3 Å². The van der Waals surface area contributed by atoms with E-state index in [0.717, 1.165) is 19.4 Å². The van der Waals surface area contributed by atoms with E-state index in [4.69, 9.17) is 0 Å². The summed E-state index contributed by atoms with van der Waals surface area (Å²) in [6.07, 6.45) is 5.67. The van der Waals surface area contributed by atoms with Gasteiger partial charge in [-0.25, -0.2) is 0 Å². The molecule has 0 radical (unpaired) electrons. The zero-order valence-electron chi connectivity index (χ0n) is 14.1. The predicted molar refractivity (Wildman–Crippen MR) is 88.6 cm³/mol. The van der Waals surface area contributed by atoms with Gasteiger partial charge in [-0.05, 0) is 48.5 Å². The highest BCUT2D eigenvalue weighted by atomic mass is 16.2. The van der Waals surface area contributed by atoms with Crippen molar-refractivity contribution in [3.63, 3.8) is 0 Å². The number of hydrogen-bond acceptors (Lipinski definition) is 1. The fourth-order valence-electron chi connectivity index (χ4n) is 5.48. The molecule has 0 aromatic heterocycles. The van der Waals surface area contributed by atoms with Gasteiger partial charge in [0.15, 0.2) is 0 Å². The second-order valence-corrected chi connectivity index (χ2v) is 9.09. The SMILES string of the molecule is CC1(C)CC2CC(C)(CN2C(=O)C2(c3ccccc3)CC2)C1. The minimum absolute atomic E-state index is 0.195. The fourth-order valence-corrected chi connectivity index (χ4v) is 5.48. The molecule has 1 heterocycles. The highest BCUT2D eigenvalue weighted by Crippen LogP contribution is 2.56. The quantitative estimate of drug-likeness (QED) is 0.803. The third kappa shape index (κ3) is 2.11. The first-order chi connectivity index (χ1) is 10.3. The van der Waals surface area contributed by atoms with Gasteiger partial charge < -0.3 is 4.90 Å². The number of benzene rings is 1. The Labute approximate surface area is 133 Å². The zero-order chi connectivity index (χ0) is 15.6. The summed E-state index contributed by atoms with van der Waals surface area (Å²) >= 11 is 0. The molecule has 1 aliphatic heterocycles. The molecule has 3 fully saturated rings. The maximum absolute atomic E-state index is 13.4. The van der Waals surface area contributed by atoms with Crippen molar-refractivity contribution >= 4 is 5.91 Å². The second kappa shape index (κ2) is 4.37. The van der Waals surface area contributed by atoms with E-state index < -0.39 is 0 Å². The molecular weight excluding hydrogens is 270 g/mol. The van der Waals surface area contributed by atoms with Gasteiger partial charge in [-0.2, -0.15) is 0 Å². The van der Waals surface area contributed by atoms with E-state index in [0.29, 0.717) is 22.8 Å². The van der Waals surface area contributed by atoms with Crippen LogP contribution in [-0.2, 0) is 10.2 Å². The van der Waals surface area contributed by atoms with Crippen molar-refractivity contribution in [2.45, 2.75) is 64.3 Å². The van der Waals surface area contributed by atoms with Crippen LogP contribution in [0.25, 0.3) is 0 Å². The first-order valence-corrected chi connectivity index (χ1v) is 8.70. The highest BCUT2D eigenvalue weighted by Gasteiger charge is 2.58. The highest BCUT2D eigenvalue weighted by molar-refractivity contribution is 5.91. The lowest BCUT2D eigenvalue weighted by atomic mass is 9.65. The number of nitrogens with zero attached hydrogens (tertiary/aromatic N) is 1. The van der Waals surface area contributed by atoms with Crippen molar-refractivity contribution in [2.24, 2.45) is 10.8 Å². The maximum Gasteiger partial charge on any atom is 0.233 e. The molecule has 2 bridgehead atoms. The normalized spacial score (nSPS) is 34.5. The van der Waals surface area contributed by atoms with Crippen LogP contribution in [0.4, 0.5) is 0 Å². The maximum atomic E-state index is 13.4. The Kier molecular flexibility index (Phi) is 2.84. The van der Waals surface area contributed by atoms with Crippen LogP contribution in [0.15, 0.2) is 30.3 Å². The van der Waals surface area contributed by atoms with E-state index in [2.05, 4.69) is 49.9 Å². The summed E-state index contributed by atoms with van der Waals surface area (Å²) in [7, 11) is 0. The van der Waals surface area contributed by atoms with Gasteiger partial charge in [0.25, 0.3) is 0 Å². The largest absolute Gasteiger partial charge is 0.338 e. The molecule has 1 amide bonds. The van der Waals surface area contributed by atoms with Crippen LogP contribution in [-0.4, -0.2) is 23.4 Å². The second-order valence-electron chi connectivity index (χ2n) is 9.09. The van der Waals surface area contributed by atoms with Crippen LogP contribution in [0.2, 0.25) is 0 Å². The Morgan fingerprint density at radius 2 is 1.77 bits per heavy atom. The molecule has 2 unspecified atom stereocenters. The molecule has 1 aromatic carbocycles. The molecule has 2 heteroatoms. The van der Waals surface area contributed by atoms with Gasteiger partial charge in [0.05, 0.1) is 5.41 Å². The number of carbonyl (C=O) groups excluding carboxylic acids is 1. The van der Waals surface area contributed by atoms with Crippen LogP contribution in [0.1, 0.15) is 58.4 Å². The fraction of sp³-hybridized carbons (Fsp3) is 0.650. The van der Waals surface area contributed by atoms with E-state index in [1.54, 1.807) is 0 Å². The van der Waals surface area contributed by atoms with Crippen LogP contribution >= 0.6 is 0 Å². The van der Waals surface area contributed by atoms with Crippen molar-refractivity contribution in [3.8, 4) is 0 Å². The first-order valence-electron chi connectivity index (χ1n) is 8.70. The van der Waals surface area contributed by atoms with Crippen LogP contribution in [0, 0.1) is 10.8 Å². The third-order valence-electron chi connectivity index (χ3n) is 6.16. The summed E-state index contributed by atoms with van der Waals surface area (Å²) in [5, 5.41) is 0. The molecule has 118 valence electrons. The lowest BCUT2D eigenvalue weighted by Crippen LogP contribution is -2.43. The van der Waals surface area contributed by atoms with E-state index in [1.165, 1.54) is 24.8 Å². The van der Waals surface area contributed by atoms with Crippen LogP contribution in [0.5, 0.6) is 0 Å². The summed E-state index contributed by atoms with van der Waals surface area (Å²) in [5.74, 6) is 0.408. The van der Waals surface area contributed by atoms with E-state index in [-0.39, 0.29) is 5.41 Å². The van der Waals surface area contributed by atoms with E-state index in [1.807, 2.05) is 6.07 Å². The molecule has 1 aromatic rings. The Hall–Kier alpha value is -1.31. The van der Waals surface area contributed by atoms with E-state index >= 15 is 0 Å². The van der Waals surface area contributed by atoms with Crippen LogP contribution < -0.4 is 0 Å². The Morgan fingerprint density at radius 1 is 1.09 bits per heavy atom. The van der Waals surface area contributed by atoms with Crippen molar-refractivity contribution in [1.29, 1.82) is 0 Å². The minimum atomic E-state index is -0.195. The van der Waals surface area contributed by atoms with Crippen molar-refractivity contribution in [1.82, 2.24) is 4.90 Å². The lowest BCUT2D eigenvalue weighted by molar-refractivity contribution is -0.135. The van der Waals surface area contributed by atoms with Gasteiger partial charge >= 0.3 is 0 Å². The summed E-state index contributed by atoms with van der Waals surface area (Å²) in [5.41, 5.74) is 1.73. The molecule has 2 atom stereocenters. The number of fused-ring (bicyclic) bond motifs is 2. The number of likely N-dealkylation sites (tertiary alicyclic amines) is 1. The number of amides is 1. The van der Waals surface area contributed by atoms with Crippen LogP contribution in [0.3, 0.4) is 0 Å². The molecule has 2 saturated carbocycles. The van der Waals surface area contributed by atoms with Gasteiger partial charge in [0, 0.05) is 12.6 Å². The van der Waals surface area contributed by atoms with Gasteiger partial charge in [-0.15, -0.1) is 0 Å². The monoisotopic (exact) mass is 297 g/mol. The molecule has 3 aliphatic rings. The summed E-state index contributed by atoms with van der Waals surface area (Å²) in [6, 6.07) is 10.9. The number of carbonyl (C=O) groups is 1. The molecular formula is C20H27NO. The molecule has 0 N–H and O–H groups in total.